The van der Waals surface area contributed by atoms with E-state index in [4.69, 9.17) is 18.5 Å². The molecule has 0 saturated heterocycles. The maximum Gasteiger partial charge on any atom is 0.472 e. The van der Waals surface area contributed by atoms with E-state index in [9.17, 15) is 19.0 Å². The minimum Gasteiger partial charge on any atom is -0.462 e. The van der Waals surface area contributed by atoms with Gasteiger partial charge in [-0.1, -0.05) is 347 Å². The van der Waals surface area contributed by atoms with Crippen molar-refractivity contribution in [3.8, 4) is 0 Å². The van der Waals surface area contributed by atoms with Crippen LogP contribution in [0.1, 0.15) is 348 Å². The first-order valence-electron chi connectivity index (χ1n) is 39.3. The number of nitrogens with zero attached hydrogens (tertiary/aromatic N) is 1. The van der Waals surface area contributed by atoms with Gasteiger partial charge in [-0.3, -0.25) is 18.6 Å². The number of esters is 2. The van der Waals surface area contributed by atoms with E-state index in [-0.39, 0.29) is 32.0 Å². The molecule has 0 rings (SSSR count). The van der Waals surface area contributed by atoms with Crippen LogP contribution in [0, 0.1) is 0 Å². The molecular formula is C84H149NO8P+. The Morgan fingerprint density at radius 2 is 0.606 bits per heavy atom. The van der Waals surface area contributed by atoms with Gasteiger partial charge in [-0.05, 0) is 109 Å². The largest absolute Gasteiger partial charge is 0.472 e. The van der Waals surface area contributed by atoms with E-state index in [1.807, 2.05) is 21.1 Å². The lowest BCUT2D eigenvalue weighted by Crippen LogP contribution is -2.37. The van der Waals surface area contributed by atoms with E-state index >= 15 is 0 Å². The van der Waals surface area contributed by atoms with Gasteiger partial charge in [0.05, 0.1) is 27.7 Å². The van der Waals surface area contributed by atoms with Crippen molar-refractivity contribution in [2.75, 3.05) is 47.5 Å². The van der Waals surface area contributed by atoms with E-state index in [0.717, 1.165) is 96.3 Å². The molecule has 9 nitrogen and oxygen atoms in total. The van der Waals surface area contributed by atoms with Crippen LogP contribution in [-0.4, -0.2) is 74.9 Å². The topological polar surface area (TPSA) is 108 Å². The van der Waals surface area contributed by atoms with Crippen LogP contribution in [0.2, 0.25) is 0 Å². The zero-order valence-corrected chi connectivity index (χ0v) is 62.8. The minimum atomic E-state index is -4.40. The molecule has 0 aliphatic heterocycles. The van der Waals surface area contributed by atoms with Gasteiger partial charge in [0.2, 0.25) is 0 Å². The highest BCUT2D eigenvalue weighted by Crippen LogP contribution is 2.43. The second-order valence-electron chi connectivity index (χ2n) is 27.4. The smallest absolute Gasteiger partial charge is 0.462 e. The summed E-state index contributed by atoms with van der Waals surface area (Å²) < 4.78 is 34.8. The molecule has 0 radical (unpaired) electrons. The number of rotatable bonds is 72. The van der Waals surface area contributed by atoms with E-state index in [2.05, 4.69) is 135 Å². The fourth-order valence-corrected chi connectivity index (χ4v) is 11.7. The number of likely N-dealkylation sites (N-methyl/N-ethyl adjacent to an activating group) is 1. The van der Waals surface area contributed by atoms with Gasteiger partial charge in [0.15, 0.2) is 6.10 Å². The lowest BCUT2D eigenvalue weighted by atomic mass is 10.0. The van der Waals surface area contributed by atoms with Crippen LogP contribution in [0.15, 0.2) is 122 Å². The van der Waals surface area contributed by atoms with Crippen LogP contribution in [0.4, 0.5) is 0 Å². The number of ether oxygens (including phenoxy) is 2. The summed E-state index contributed by atoms with van der Waals surface area (Å²) in [5.74, 6) is -0.789. The van der Waals surface area contributed by atoms with Crippen molar-refractivity contribution in [3.63, 3.8) is 0 Å². The van der Waals surface area contributed by atoms with Crippen molar-refractivity contribution in [1.29, 1.82) is 0 Å². The summed E-state index contributed by atoms with van der Waals surface area (Å²) in [4.78, 5) is 36.0. The quantitative estimate of drug-likeness (QED) is 0.0211. The maximum absolute atomic E-state index is 12.9. The zero-order valence-electron chi connectivity index (χ0n) is 61.9. The first-order chi connectivity index (χ1) is 46.0. The highest BCUT2D eigenvalue weighted by Gasteiger charge is 2.27. The lowest BCUT2D eigenvalue weighted by Gasteiger charge is -2.24. The zero-order chi connectivity index (χ0) is 68.3. The maximum atomic E-state index is 12.9. The minimum absolute atomic E-state index is 0.0289. The van der Waals surface area contributed by atoms with Crippen LogP contribution in [-0.2, 0) is 32.7 Å². The van der Waals surface area contributed by atoms with Crippen molar-refractivity contribution in [1.82, 2.24) is 0 Å². The molecule has 0 fully saturated rings. The van der Waals surface area contributed by atoms with Gasteiger partial charge in [-0.15, -0.1) is 0 Å². The number of hydrogen-bond donors (Lipinski definition) is 1. The average molecular weight is 1330 g/mol. The Morgan fingerprint density at radius 1 is 0.340 bits per heavy atom. The van der Waals surface area contributed by atoms with Crippen LogP contribution >= 0.6 is 7.82 Å². The van der Waals surface area contributed by atoms with Gasteiger partial charge >= 0.3 is 19.8 Å². The number of hydrogen-bond acceptors (Lipinski definition) is 7. The first kappa shape index (κ1) is 90.4. The number of quaternary nitrogens is 1. The fraction of sp³-hybridized carbons (Fsp3) is 0.738. The summed E-state index contributed by atoms with van der Waals surface area (Å²) >= 11 is 0. The van der Waals surface area contributed by atoms with Crippen molar-refractivity contribution < 1.29 is 42.1 Å². The van der Waals surface area contributed by atoms with Gasteiger partial charge in [-0.2, -0.15) is 0 Å². The normalized spacial score (nSPS) is 13.7. The van der Waals surface area contributed by atoms with Gasteiger partial charge in [0, 0.05) is 12.8 Å². The summed E-state index contributed by atoms with van der Waals surface area (Å²) in [6, 6.07) is 0. The number of unbranched alkanes of at least 4 members (excludes halogenated alkanes) is 38. The third kappa shape index (κ3) is 77.4. The SMILES string of the molecule is CC/C=C\C/C=C\C/C=C\C/C=C\C/C=C\C/C=C\C/C=C\C/C=C\C/C=C\CCCCCCCCCCCCCCCC(=O)OC(COC(=O)CCCCCCCCCCCCCCCCCCC/C=C\CCCCCCCCCC)COP(=O)(O)OCC[N+](C)(C)C. The van der Waals surface area contributed by atoms with E-state index in [1.165, 1.54) is 218 Å². The van der Waals surface area contributed by atoms with Crippen LogP contribution in [0.25, 0.3) is 0 Å². The molecule has 2 unspecified atom stereocenters. The van der Waals surface area contributed by atoms with Gasteiger partial charge < -0.3 is 18.9 Å². The van der Waals surface area contributed by atoms with Crippen LogP contribution < -0.4 is 0 Å². The molecule has 1 N–H and O–H groups in total. The molecule has 0 amide bonds. The molecular weight excluding hydrogens is 1180 g/mol. The molecule has 0 spiro atoms. The lowest BCUT2D eigenvalue weighted by molar-refractivity contribution is -0.870. The second-order valence-corrected chi connectivity index (χ2v) is 28.8. The number of carbonyl (C=O) groups excluding carboxylic acids is 2. The molecule has 0 aromatic carbocycles. The Kier molecular flexibility index (Phi) is 70.8. The summed E-state index contributed by atoms with van der Waals surface area (Å²) in [5, 5.41) is 0. The molecule has 0 heterocycles. The van der Waals surface area contributed by atoms with E-state index in [0.29, 0.717) is 17.4 Å². The first-order valence-corrected chi connectivity index (χ1v) is 40.8. The summed E-state index contributed by atoms with van der Waals surface area (Å²) in [5.41, 5.74) is 0. The highest BCUT2D eigenvalue weighted by molar-refractivity contribution is 7.47. The molecule has 0 bridgehead atoms. The fourth-order valence-electron chi connectivity index (χ4n) is 11.0. The monoisotopic (exact) mass is 1330 g/mol. The highest BCUT2D eigenvalue weighted by atomic mass is 31.2. The molecule has 2 atom stereocenters. The predicted octanol–water partition coefficient (Wildman–Crippen LogP) is 26.2. The molecule has 0 saturated carbocycles. The second kappa shape index (κ2) is 73.7. The standard InChI is InChI=1S/C84H148NO8P/c1-6-8-10-12-14-16-18-20-22-24-26-28-30-32-34-36-37-38-39-40-41-42-43-44-45-46-47-49-51-53-55-57-59-61-63-65-67-69-71-73-75-77-84(87)93-82(81-92-94(88,89)91-79-78-85(3,4)5)80-90-83(86)76-74-72-70-68-66-64-62-60-58-56-54-52-50-48-35-33-31-29-27-25-23-21-19-17-15-13-11-9-7-2/h8,10,14,16,20,22,25-28,32,34,37-38,40-41,43-44,46-47,82H,6-7,9,11-13,15,17-19,21,23-24,29-31,33,35-36,39,42,45,48-81H2,1-5H3/p+1/b10-8-,16-14-,22-20-,27-25-,28-26-,34-32-,38-37-,41-40-,44-43-,47-46-. The summed E-state index contributed by atoms with van der Waals surface area (Å²) in [6.07, 6.45) is 106. The number of phosphoric ester groups is 1. The third-order valence-electron chi connectivity index (χ3n) is 17.0. The summed E-state index contributed by atoms with van der Waals surface area (Å²) in [6.45, 7) is 4.36. The number of phosphoric acid groups is 1. The van der Waals surface area contributed by atoms with Gasteiger partial charge in [0.1, 0.15) is 19.8 Å². The van der Waals surface area contributed by atoms with Crippen molar-refractivity contribution >= 4 is 19.8 Å². The molecule has 0 aliphatic rings. The van der Waals surface area contributed by atoms with Crippen molar-refractivity contribution in [2.45, 2.75) is 354 Å². The molecule has 0 aromatic heterocycles. The number of carbonyl (C=O) groups is 2. The van der Waals surface area contributed by atoms with E-state index in [1.54, 1.807) is 0 Å². The Bertz CT molecular complexity index is 2010. The van der Waals surface area contributed by atoms with Crippen LogP contribution in [0.3, 0.4) is 0 Å². The number of allylic oxidation sites excluding steroid dienone is 20. The molecule has 542 valence electrons. The van der Waals surface area contributed by atoms with Gasteiger partial charge in [0.25, 0.3) is 0 Å². The van der Waals surface area contributed by atoms with Crippen molar-refractivity contribution in [2.24, 2.45) is 0 Å². The average Bonchev–Trinajstić information content (AvgIpc) is 1.57. The molecule has 0 aliphatic carbocycles. The van der Waals surface area contributed by atoms with Crippen molar-refractivity contribution in [3.05, 3.63) is 122 Å². The Labute approximate surface area is 581 Å². The van der Waals surface area contributed by atoms with E-state index < -0.39 is 26.5 Å². The third-order valence-corrected chi connectivity index (χ3v) is 18.0. The summed E-state index contributed by atoms with van der Waals surface area (Å²) in [7, 11) is 1.48. The Balaban J connectivity index is 4.00. The Hall–Kier alpha value is -3.59. The molecule has 94 heavy (non-hydrogen) atoms. The molecule has 0 aromatic rings. The molecule has 10 heteroatoms. The Morgan fingerprint density at radius 3 is 0.915 bits per heavy atom. The van der Waals surface area contributed by atoms with Gasteiger partial charge in [-0.25, -0.2) is 4.57 Å². The van der Waals surface area contributed by atoms with Crippen LogP contribution in [0.5, 0.6) is 0 Å². The predicted molar refractivity (Wildman–Crippen MR) is 408 cm³/mol.